The van der Waals surface area contributed by atoms with E-state index in [1.165, 1.54) is 11.0 Å². The molecule has 14 heteroatoms. The van der Waals surface area contributed by atoms with Gasteiger partial charge in [0.05, 0.1) is 16.0 Å². The Morgan fingerprint density at radius 1 is 1.03 bits per heavy atom. The summed E-state index contributed by atoms with van der Waals surface area (Å²) in [4.78, 5) is 28.9. The van der Waals surface area contributed by atoms with Crippen molar-refractivity contribution in [1.82, 2.24) is 25.3 Å². The van der Waals surface area contributed by atoms with E-state index in [-0.39, 0.29) is 53.9 Å². The van der Waals surface area contributed by atoms with Crippen LogP contribution in [0.25, 0.3) is 0 Å². The summed E-state index contributed by atoms with van der Waals surface area (Å²) in [5.41, 5.74) is -1.24. The van der Waals surface area contributed by atoms with Crippen LogP contribution in [-0.2, 0) is 15.5 Å². The predicted octanol–water partition coefficient (Wildman–Crippen LogP) is 3.93. The second kappa shape index (κ2) is 9.31. The highest BCUT2D eigenvalue weighted by Crippen LogP contribution is 2.54. The van der Waals surface area contributed by atoms with E-state index in [1.54, 1.807) is 4.90 Å². The molecule has 6 rings (SSSR count). The Hall–Kier alpha value is -2.44. The lowest BCUT2D eigenvalue weighted by Crippen LogP contribution is -2.62. The monoisotopic (exact) mass is 589 g/mol. The van der Waals surface area contributed by atoms with Crippen LogP contribution in [0.1, 0.15) is 42.5 Å². The molecule has 8 nitrogen and oxygen atoms in total. The quantitative estimate of drug-likeness (QED) is 0.531. The highest BCUT2D eigenvalue weighted by atomic mass is 35.5. The fourth-order valence-corrected chi connectivity index (χ4v) is 6.31. The van der Waals surface area contributed by atoms with E-state index in [9.17, 15) is 18.4 Å². The van der Waals surface area contributed by atoms with Gasteiger partial charge in [0.1, 0.15) is 5.92 Å². The van der Waals surface area contributed by atoms with Gasteiger partial charge < -0.3 is 19.5 Å². The summed E-state index contributed by atoms with van der Waals surface area (Å²) in [6, 6.07) is 3.37. The molecule has 1 saturated carbocycles. The highest BCUT2D eigenvalue weighted by molar-refractivity contribution is 6.42. The second-order valence-corrected chi connectivity index (χ2v) is 11.8. The number of likely N-dealkylation sites (tertiary alicyclic amines) is 2. The van der Waals surface area contributed by atoms with E-state index in [1.807, 2.05) is 0 Å². The molecule has 1 aromatic heterocycles. The van der Waals surface area contributed by atoms with Crippen LogP contribution in [0.3, 0.4) is 0 Å². The summed E-state index contributed by atoms with van der Waals surface area (Å²) in [6.45, 7) is 2.01. The lowest BCUT2D eigenvalue weighted by Gasteiger charge is -2.50. The Balaban J connectivity index is 1.26. The van der Waals surface area contributed by atoms with Crippen LogP contribution in [0.2, 0.25) is 10.0 Å². The number of alkyl halides is 4. The van der Waals surface area contributed by atoms with Gasteiger partial charge in [0, 0.05) is 49.5 Å². The Morgan fingerprint density at radius 2 is 1.69 bits per heavy atom. The molecule has 2 amide bonds. The van der Waals surface area contributed by atoms with E-state index in [2.05, 4.69) is 15.5 Å². The second-order valence-electron chi connectivity index (χ2n) is 11.0. The van der Waals surface area contributed by atoms with Crippen molar-refractivity contribution in [2.45, 2.75) is 37.0 Å². The first kappa shape index (κ1) is 26.8. The predicted molar refractivity (Wildman–Crippen MR) is 131 cm³/mol. The normalized spacial score (nSPS) is 26.1. The van der Waals surface area contributed by atoms with Crippen LogP contribution < -0.4 is 5.32 Å². The van der Waals surface area contributed by atoms with E-state index in [0.29, 0.717) is 25.9 Å². The van der Waals surface area contributed by atoms with Gasteiger partial charge >= 0.3 is 5.92 Å². The Bertz CT molecular complexity index is 1310. The van der Waals surface area contributed by atoms with Crippen molar-refractivity contribution in [3.8, 4) is 0 Å². The van der Waals surface area contributed by atoms with Gasteiger partial charge in [-0.25, -0.2) is 8.78 Å². The minimum Gasteiger partial charge on any atom is -0.419 e. The molecule has 1 aromatic carbocycles. The van der Waals surface area contributed by atoms with Gasteiger partial charge in [-0.2, -0.15) is 8.78 Å². The number of halogens is 6. The first-order chi connectivity index (χ1) is 18.4. The highest BCUT2D eigenvalue weighted by Gasteiger charge is 2.66. The number of rotatable bonds is 5. The summed E-state index contributed by atoms with van der Waals surface area (Å²) in [6.07, 6.45) is 0.875. The van der Waals surface area contributed by atoms with Crippen LogP contribution in [-0.4, -0.2) is 77.0 Å². The van der Waals surface area contributed by atoms with Gasteiger partial charge in [-0.3, -0.25) is 9.59 Å². The van der Waals surface area contributed by atoms with Crippen LogP contribution >= 0.6 is 23.2 Å². The van der Waals surface area contributed by atoms with Crippen LogP contribution in [0, 0.1) is 17.3 Å². The first-order valence-electron chi connectivity index (χ1n) is 12.7. The summed E-state index contributed by atoms with van der Waals surface area (Å²) < 4.78 is 63.1. The van der Waals surface area contributed by atoms with E-state index in [0.717, 1.165) is 12.1 Å². The molecule has 4 heterocycles. The van der Waals surface area contributed by atoms with Gasteiger partial charge in [-0.1, -0.05) is 29.3 Å². The third kappa shape index (κ3) is 4.58. The fraction of sp³-hybridized carbons (Fsp3) is 0.600. The van der Waals surface area contributed by atoms with E-state index >= 15 is 8.78 Å². The maximum atomic E-state index is 15.3. The molecule has 4 fully saturated rings. The van der Waals surface area contributed by atoms with Crippen molar-refractivity contribution < 1.29 is 31.6 Å². The molecule has 1 aliphatic carbocycles. The molecule has 210 valence electrons. The molecule has 0 radical (unpaired) electrons. The summed E-state index contributed by atoms with van der Waals surface area (Å²) >= 11 is 11.8. The van der Waals surface area contributed by atoms with Crippen molar-refractivity contribution in [2.75, 3.05) is 39.3 Å². The minimum atomic E-state index is -3.67. The van der Waals surface area contributed by atoms with Gasteiger partial charge in [-0.15, -0.1) is 10.2 Å². The summed E-state index contributed by atoms with van der Waals surface area (Å²) in [7, 11) is 0. The molecule has 1 spiro atoms. The maximum absolute atomic E-state index is 15.3. The molecule has 2 unspecified atom stereocenters. The number of nitrogens with one attached hydrogen (secondary N) is 1. The zero-order valence-corrected chi connectivity index (χ0v) is 22.1. The van der Waals surface area contributed by atoms with Crippen LogP contribution in [0.15, 0.2) is 22.6 Å². The average Bonchev–Trinajstić information content (AvgIpc) is 3.24. The van der Waals surface area contributed by atoms with Crippen molar-refractivity contribution in [1.29, 1.82) is 0 Å². The minimum absolute atomic E-state index is 0.0576. The van der Waals surface area contributed by atoms with Gasteiger partial charge in [0.2, 0.25) is 17.7 Å². The van der Waals surface area contributed by atoms with Crippen LogP contribution in [0.5, 0.6) is 0 Å². The summed E-state index contributed by atoms with van der Waals surface area (Å²) in [5.74, 6) is -10.5. The number of nitrogens with zero attached hydrogens (tertiary/aromatic N) is 4. The van der Waals surface area contributed by atoms with Crippen molar-refractivity contribution >= 4 is 35.0 Å². The molecule has 4 aliphatic rings. The van der Waals surface area contributed by atoms with Crippen molar-refractivity contribution in [3.05, 3.63) is 45.6 Å². The standard InChI is InChI=1S/C25H25Cl2F4N5O3/c26-17-2-1-14(7-18(17)27)25(30,31)22-34-33-19(39-22)16-9-35(20(37)13-3-5-32-6-4-13)10-23(16)11-36(12-23)21(38)15-8-24(15,28)29/h1-2,7,13,15-16,32H,3-6,8-12H2. The lowest BCUT2D eigenvalue weighted by molar-refractivity contribution is -0.148. The molecule has 39 heavy (non-hydrogen) atoms. The van der Waals surface area contributed by atoms with Gasteiger partial charge in [0.15, 0.2) is 0 Å². The largest absolute Gasteiger partial charge is 0.419 e. The number of amides is 2. The zero-order valence-electron chi connectivity index (χ0n) is 20.6. The van der Waals surface area contributed by atoms with Gasteiger partial charge in [-0.05, 0) is 38.1 Å². The Morgan fingerprint density at radius 3 is 2.33 bits per heavy atom. The number of carbonyl (C=O) groups excluding carboxylic acids is 2. The molecule has 2 aromatic rings. The topological polar surface area (TPSA) is 91.6 Å². The van der Waals surface area contributed by atoms with Crippen LogP contribution in [0.4, 0.5) is 17.6 Å². The van der Waals surface area contributed by atoms with Crippen molar-refractivity contribution in [3.63, 3.8) is 0 Å². The Kier molecular flexibility index (Phi) is 6.39. The molecular weight excluding hydrogens is 565 g/mol. The first-order valence-corrected chi connectivity index (χ1v) is 13.5. The average molecular weight is 590 g/mol. The third-order valence-electron chi connectivity index (χ3n) is 8.38. The molecule has 0 bridgehead atoms. The molecule has 2 atom stereocenters. The molecule has 3 aliphatic heterocycles. The number of benzene rings is 1. The molecule has 1 N–H and O–H groups in total. The third-order valence-corrected chi connectivity index (χ3v) is 9.12. The van der Waals surface area contributed by atoms with E-state index < -0.39 is 52.9 Å². The SMILES string of the molecule is O=C(C1CCNCC1)N1CC(c2nnc(C(F)(F)c3ccc(Cl)c(Cl)c3)o2)C2(C1)CN(C(=O)C1CC1(F)F)C2. The lowest BCUT2D eigenvalue weighted by atomic mass is 9.71. The smallest absolute Gasteiger partial charge is 0.349 e. The number of aromatic nitrogens is 2. The molecule has 3 saturated heterocycles. The Labute approximate surface area is 231 Å². The maximum Gasteiger partial charge on any atom is 0.349 e. The number of hydrogen-bond donors (Lipinski definition) is 1. The van der Waals surface area contributed by atoms with Gasteiger partial charge in [0.25, 0.3) is 11.8 Å². The fourth-order valence-electron chi connectivity index (χ4n) is 6.01. The zero-order chi connectivity index (χ0) is 27.7. The number of hydrogen-bond acceptors (Lipinski definition) is 6. The van der Waals surface area contributed by atoms with Crippen molar-refractivity contribution in [2.24, 2.45) is 17.3 Å². The number of carbonyl (C=O) groups is 2. The van der Waals surface area contributed by atoms with E-state index in [4.69, 9.17) is 27.6 Å². The summed E-state index contributed by atoms with van der Waals surface area (Å²) in [5, 5.41) is 10.8. The number of piperidine rings is 1. The molecular formula is C25H25Cl2F4N5O3.